The predicted molar refractivity (Wildman–Crippen MR) is 105 cm³/mol. The fraction of sp³-hybridized carbons (Fsp3) is 0.556. The van der Waals surface area contributed by atoms with Crippen LogP contribution in [-0.4, -0.2) is 51.1 Å². The lowest BCUT2D eigenvalue weighted by Crippen LogP contribution is -2.46. The van der Waals surface area contributed by atoms with E-state index in [1.807, 2.05) is 0 Å². The van der Waals surface area contributed by atoms with E-state index in [0.717, 1.165) is 42.8 Å². The first-order valence-electron chi connectivity index (χ1n) is 8.91. The molecule has 1 atom stereocenters. The first kappa shape index (κ1) is 18.0. The van der Waals surface area contributed by atoms with Crippen LogP contribution in [0, 0.1) is 5.92 Å². The number of hydrogen-bond donors (Lipinski definition) is 3. The van der Waals surface area contributed by atoms with E-state index >= 15 is 0 Å². The molecule has 1 aliphatic heterocycles. The molecule has 0 radical (unpaired) electrons. The minimum absolute atomic E-state index is 0.186. The topological polar surface area (TPSA) is 68.8 Å². The lowest BCUT2D eigenvalue weighted by atomic mass is 10.3. The average molecular weight is 408 g/mol. The molecule has 1 saturated carbocycles. The van der Waals surface area contributed by atoms with Crippen LogP contribution < -0.4 is 20.9 Å². The number of nitrogens with one attached hydrogen (secondary N) is 3. The number of carbonyl (C=O) groups is 1. The lowest BCUT2D eigenvalue weighted by molar-refractivity contribution is -0.122. The number of rotatable bonds is 6. The number of guanidine groups is 1. The second kappa shape index (κ2) is 8.56. The Morgan fingerprint density at radius 2 is 1.92 bits per heavy atom. The standard InChI is InChI=1S/C18H26BrN5O/c1-20-18(22-10-9-21-17(25)13-2-3-13)23-15-8-11-24(12-15)16-6-4-14(19)5-7-16/h4-7,13,15H,2-3,8-12H2,1H3,(H,21,25)(H2,20,22,23). The van der Waals surface area contributed by atoms with Gasteiger partial charge in [0.05, 0.1) is 0 Å². The van der Waals surface area contributed by atoms with E-state index in [0.29, 0.717) is 19.1 Å². The maximum absolute atomic E-state index is 11.6. The maximum atomic E-state index is 11.6. The largest absolute Gasteiger partial charge is 0.369 e. The highest BCUT2D eigenvalue weighted by molar-refractivity contribution is 9.10. The molecule has 6 nitrogen and oxygen atoms in total. The lowest BCUT2D eigenvalue weighted by Gasteiger charge is -2.20. The molecule has 1 amide bonds. The summed E-state index contributed by atoms with van der Waals surface area (Å²) in [6.07, 6.45) is 3.16. The van der Waals surface area contributed by atoms with Crippen LogP contribution in [0.2, 0.25) is 0 Å². The molecule has 2 aliphatic rings. The SMILES string of the molecule is CN=C(NCCNC(=O)C1CC1)NC1CCN(c2ccc(Br)cc2)C1. The second-order valence-corrected chi connectivity index (χ2v) is 7.53. The zero-order valence-electron chi connectivity index (χ0n) is 14.6. The van der Waals surface area contributed by atoms with Gasteiger partial charge in [-0.05, 0) is 43.5 Å². The van der Waals surface area contributed by atoms with Crippen molar-refractivity contribution in [2.45, 2.75) is 25.3 Å². The Hall–Kier alpha value is -1.76. The van der Waals surface area contributed by atoms with Crippen LogP contribution in [0.1, 0.15) is 19.3 Å². The quantitative estimate of drug-likeness (QED) is 0.381. The van der Waals surface area contributed by atoms with Gasteiger partial charge < -0.3 is 20.9 Å². The Balaban J connectivity index is 1.38. The molecule has 1 aromatic carbocycles. The van der Waals surface area contributed by atoms with Crippen molar-refractivity contribution in [2.24, 2.45) is 10.9 Å². The Morgan fingerprint density at radius 1 is 1.20 bits per heavy atom. The van der Waals surface area contributed by atoms with E-state index < -0.39 is 0 Å². The van der Waals surface area contributed by atoms with Crippen molar-refractivity contribution >= 4 is 33.5 Å². The number of anilines is 1. The highest BCUT2D eigenvalue weighted by atomic mass is 79.9. The van der Waals surface area contributed by atoms with Gasteiger partial charge in [-0.3, -0.25) is 9.79 Å². The molecule has 136 valence electrons. The number of carbonyl (C=O) groups excluding carboxylic acids is 1. The van der Waals surface area contributed by atoms with Crippen LogP contribution in [0.4, 0.5) is 5.69 Å². The fourth-order valence-corrected chi connectivity index (χ4v) is 3.27. The summed E-state index contributed by atoms with van der Waals surface area (Å²) < 4.78 is 1.10. The van der Waals surface area contributed by atoms with E-state index in [9.17, 15) is 4.79 Å². The smallest absolute Gasteiger partial charge is 0.223 e. The van der Waals surface area contributed by atoms with E-state index in [1.54, 1.807) is 7.05 Å². The molecule has 1 aromatic rings. The summed E-state index contributed by atoms with van der Waals surface area (Å²) in [5.74, 6) is 1.24. The molecular formula is C18H26BrN5O. The van der Waals surface area contributed by atoms with Crippen molar-refractivity contribution in [1.82, 2.24) is 16.0 Å². The molecule has 1 aliphatic carbocycles. The van der Waals surface area contributed by atoms with Gasteiger partial charge in [-0.1, -0.05) is 15.9 Å². The molecule has 0 spiro atoms. The molecular weight excluding hydrogens is 382 g/mol. The fourth-order valence-electron chi connectivity index (χ4n) is 3.01. The van der Waals surface area contributed by atoms with Gasteiger partial charge in [-0.2, -0.15) is 0 Å². The highest BCUT2D eigenvalue weighted by Crippen LogP contribution is 2.28. The Morgan fingerprint density at radius 3 is 2.60 bits per heavy atom. The summed E-state index contributed by atoms with van der Waals surface area (Å²) in [6, 6.07) is 8.80. The van der Waals surface area contributed by atoms with Crippen LogP contribution in [0.25, 0.3) is 0 Å². The number of aliphatic imine (C=N–C) groups is 1. The van der Waals surface area contributed by atoms with Crippen LogP contribution in [0.5, 0.6) is 0 Å². The van der Waals surface area contributed by atoms with Crippen molar-refractivity contribution in [3.05, 3.63) is 28.7 Å². The third-order valence-electron chi connectivity index (χ3n) is 4.61. The van der Waals surface area contributed by atoms with Crippen LogP contribution in [0.15, 0.2) is 33.7 Å². The molecule has 3 rings (SSSR count). The second-order valence-electron chi connectivity index (χ2n) is 6.62. The van der Waals surface area contributed by atoms with Gasteiger partial charge >= 0.3 is 0 Å². The number of nitrogens with zero attached hydrogens (tertiary/aromatic N) is 2. The average Bonchev–Trinajstić information content (AvgIpc) is 3.37. The van der Waals surface area contributed by atoms with Gasteiger partial charge in [0.25, 0.3) is 0 Å². The Kier molecular flexibility index (Phi) is 6.18. The Bertz CT molecular complexity index is 614. The third kappa shape index (κ3) is 5.36. The van der Waals surface area contributed by atoms with Crippen molar-refractivity contribution in [3.63, 3.8) is 0 Å². The van der Waals surface area contributed by atoms with E-state index in [2.05, 4.69) is 66.0 Å². The molecule has 25 heavy (non-hydrogen) atoms. The molecule has 2 fully saturated rings. The third-order valence-corrected chi connectivity index (χ3v) is 5.14. The zero-order chi connectivity index (χ0) is 17.6. The summed E-state index contributed by atoms with van der Waals surface area (Å²) in [4.78, 5) is 18.3. The molecule has 0 aromatic heterocycles. The van der Waals surface area contributed by atoms with Crippen molar-refractivity contribution in [3.8, 4) is 0 Å². The van der Waals surface area contributed by atoms with Crippen LogP contribution >= 0.6 is 15.9 Å². The van der Waals surface area contributed by atoms with Crippen molar-refractivity contribution in [2.75, 3.05) is 38.1 Å². The van der Waals surface area contributed by atoms with Crippen LogP contribution in [-0.2, 0) is 4.79 Å². The van der Waals surface area contributed by atoms with Gasteiger partial charge in [-0.15, -0.1) is 0 Å². The molecule has 1 heterocycles. The normalized spacial score (nSPS) is 20.5. The van der Waals surface area contributed by atoms with Crippen molar-refractivity contribution in [1.29, 1.82) is 0 Å². The number of halogens is 1. The Labute approximate surface area is 157 Å². The zero-order valence-corrected chi connectivity index (χ0v) is 16.2. The summed E-state index contributed by atoms with van der Waals surface area (Å²) in [7, 11) is 1.78. The van der Waals surface area contributed by atoms with Crippen LogP contribution in [0.3, 0.4) is 0 Å². The minimum Gasteiger partial charge on any atom is -0.369 e. The summed E-state index contributed by atoms with van der Waals surface area (Å²) in [6.45, 7) is 3.31. The van der Waals surface area contributed by atoms with Gasteiger partial charge in [0.15, 0.2) is 5.96 Å². The van der Waals surface area contributed by atoms with E-state index in [4.69, 9.17) is 0 Å². The van der Waals surface area contributed by atoms with E-state index in [1.165, 1.54) is 5.69 Å². The molecule has 7 heteroatoms. The van der Waals surface area contributed by atoms with Gasteiger partial charge in [-0.25, -0.2) is 0 Å². The summed E-state index contributed by atoms with van der Waals surface area (Å²) in [5.41, 5.74) is 1.25. The van der Waals surface area contributed by atoms with E-state index in [-0.39, 0.29) is 11.8 Å². The monoisotopic (exact) mass is 407 g/mol. The first-order valence-corrected chi connectivity index (χ1v) is 9.70. The first-order chi connectivity index (χ1) is 12.2. The number of amides is 1. The van der Waals surface area contributed by atoms with Crippen molar-refractivity contribution < 1.29 is 4.79 Å². The predicted octanol–water partition coefficient (Wildman–Crippen LogP) is 1.72. The molecule has 1 unspecified atom stereocenters. The molecule has 0 bridgehead atoms. The van der Waals surface area contributed by atoms with Gasteiger partial charge in [0, 0.05) is 55.3 Å². The molecule has 3 N–H and O–H groups in total. The van der Waals surface area contributed by atoms with Gasteiger partial charge in [0.2, 0.25) is 5.91 Å². The highest BCUT2D eigenvalue weighted by Gasteiger charge is 2.29. The summed E-state index contributed by atoms with van der Waals surface area (Å²) in [5, 5.41) is 9.70. The molecule has 1 saturated heterocycles. The maximum Gasteiger partial charge on any atom is 0.223 e. The van der Waals surface area contributed by atoms with Gasteiger partial charge in [0.1, 0.15) is 0 Å². The number of benzene rings is 1. The number of hydrogen-bond acceptors (Lipinski definition) is 3. The summed E-state index contributed by atoms with van der Waals surface area (Å²) >= 11 is 3.48. The minimum atomic E-state index is 0.186.